The third-order valence-electron chi connectivity index (χ3n) is 5.15. The van der Waals surface area contributed by atoms with Crippen molar-refractivity contribution in [2.45, 2.75) is 31.7 Å². The van der Waals surface area contributed by atoms with Crippen molar-refractivity contribution in [3.8, 4) is 22.7 Å². The molecule has 7 nitrogen and oxygen atoms in total. The average molecular weight is 411 g/mol. The maximum atomic E-state index is 7.34. The number of halogens is 1. The van der Waals surface area contributed by atoms with E-state index in [1.807, 2.05) is 24.4 Å². The summed E-state index contributed by atoms with van der Waals surface area (Å²) in [5, 5.41) is 4.41. The number of aromatic nitrogens is 4. The van der Waals surface area contributed by atoms with Gasteiger partial charge in [-0.3, -0.25) is 4.68 Å². The van der Waals surface area contributed by atoms with Gasteiger partial charge < -0.3 is 10.5 Å². The molecule has 0 saturated heterocycles. The number of rotatable bonds is 5. The Balaban J connectivity index is 0.00000240. The Labute approximate surface area is 176 Å². The molecule has 2 aromatic heterocycles. The molecule has 1 aromatic carbocycles. The Morgan fingerprint density at radius 1 is 1.17 bits per heavy atom. The Morgan fingerprint density at radius 3 is 2.76 bits per heavy atom. The van der Waals surface area contributed by atoms with Crippen LogP contribution in [0.3, 0.4) is 0 Å². The van der Waals surface area contributed by atoms with Gasteiger partial charge in [-0.2, -0.15) is 5.10 Å². The van der Waals surface area contributed by atoms with E-state index in [0.29, 0.717) is 35.7 Å². The molecule has 4 rings (SSSR count). The normalized spacial score (nSPS) is 18.5. The Hall–Kier alpha value is -2.95. The molecule has 0 atom stereocenters. The van der Waals surface area contributed by atoms with Gasteiger partial charge in [0.05, 0.1) is 31.3 Å². The highest BCUT2D eigenvalue weighted by Gasteiger charge is 2.20. The lowest BCUT2D eigenvalue weighted by molar-refractivity contribution is 0.200. The minimum Gasteiger partial charge on any atom is -0.489 e. The van der Waals surface area contributed by atoms with E-state index in [4.69, 9.17) is 17.0 Å². The van der Waals surface area contributed by atoms with Crippen LogP contribution in [-0.4, -0.2) is 32.4 Å². The maximum absolute atomic E-state index is 7.34. The summed E-state index contributed by atoms with van der Waals surface area (Å²) in [6.07, 6.45) is 11.1. The van der Waals surface area contributed by atoms with Crippen molar-refractivity contribution >= 4 is 18.1 Å². The third-order valence-corrected chi connectivity index (χ3v) is 5.15. The van der Waals surface area contributed by atoms with Gasteiger partial charge >= 0.3 is 0 Å². The number of ether oxygens (including phenoxy) is 1. The molecule has 0 unspecified atom stereocenters. The largest absolute Gasteiger partial charge is 0.489 e. The number of benzene rings is 1. The zero-order chi connectivity index (χ0) is 19.3. The standard InChI is InChI=1S/C21H22N6O.ClH/c1-23-18-4-2-3-5-19(18)27-12-16(10-26-27)21-20(11-24-14-25-21)28-13-15-6-8-17(22)9-7-15;/h2-5,10-12,14-15,17H,6-9,13,22H2;1H. The fourth-order valence-corrected chi connectivity index (χ4v) is 3.53. The van der Waals surface area contributed by atoms with Gasteiger partial charge in [0.15, 0.2) is 5.75 Å². The fourth-order valence-electron chi connectivity index (χ4n) is 3.53. The highest BCUT2D eigenvalue weighted by Crippen LogP contribution is 2.30. The highest BCUT2D eigenvalue weighted by atomic mass is 35.5. The summed E-state index contributed by atoms with van der Waals surface area (Å²) >= 11 is 0. The van der Waals surface area contributed by atoms with Gasteiger partial charge in [-0.1, -0.05) is 18.2 Å². The number of nitrogens with zero attached hydrogens (tertiary/aromatic N) is 5. The summed E-state index contributed by atoms with van der Waals surface area (Å²) in [7, 11) is 0. The van der Waals surface area contributed by atoms with E-state index >= 15 is 0 Å². The molecule has 150 valence electrons. The molecule has 1 aliphatic carbocycles. The average Bonchev–Trinajstić information content (AvgIpc) is 3.23. The van der Waals surface area contributed by atoms with Crippen LogP contribution in [0, 0.1) is 12.5 Å². The number of nitrogens with two attached hydrogens (primary N) is 1. The minimum absolute atomic E-state index is 0. The molecular formula is C21H23ClN6O. The summed E-state index contributed by atoms with van der Waals surface area (Å²) in [6, 6.07) is 7.71. The molecule has 2 N–H and O–H groups in total. The van der Waals surface area contributed by atoms with Crippen molar-refractivity contribution in [1.82, 2.24) is 19.7 Å². The SMILES string of the molecule is Cl.[C-]#[N+]c1ccccc1-n1cc(-c2ncncc2OCC2CCC(N)CC2)cn1. The first-order chi connectivity index (χ1) is 13.7. The molecule has 0 aliphatic heterocycles. The van der Waals surface area contributed by atoms with Gasteiger partial charge in [0.25, 0.3) is 0 Å². The van der Waals surface area contributed by atoms with Crippen molar-refractivity contribution in [2.24, 2.45) is 11.7 Å². The van der Waals surface area contributed by atoms with E-state index in [1.54, 1.807) is 23.1 Å². The molecule has 0 bridgehead atoms. The van der Waals surface area contributed by atoms with Gasteiger partial charge in [-0.05, 0) is 37.7 Å². The summed E-state index contributed by atoms with van der Waals surface area (Å²) < 4.78 is 7.77. The van der Waals surface area contributed by atoms with Crippen LogP contribution in [0.2, 0.25) is 0 Å². The summed E-state index contributed by atoms with van der Waals surface area (Å²) in [4.78, 5) is 12.1. The second kappa shape index (κ2) is 9.50. The van der Waals surface area contributed by atoms with Gasteiger partial charge in [0.1, 0.15) is 12.0 Å². The number of para-hydroxylation sites is 2. The van der Waals surface area contributed by atoms with Crippen LogP contribution in [0.25, 0.3) is 21.8 Å². The van der Waals surface area contributed by atoms with E-state index < -0.39 is 0 Å². The lowest BCUT2D eigenvalue weighted by Crippen LogP contribution is -2.28. The van der Waals surface area contributed by atoms with E-state index in [9.17, 15) is 0 Å². The fraction of sp³-hybridized carbons (Fsp3) is 0.333. The quantitative estimate of drug-likeness (QED) is 0.637. The van der Waals surface area contributed by atoms with Gasteiger partial charge in [0, 0.05) is 17.8 Å². The first kappa shape index (κ1) is 20.8. The zero-order valence-electron chi connectivity index (χ0n) is 15.9. The Kier molecular flexibility index (Phi) is 6.81. The lowest BCUT2D eigenvalue weighted by atomic mass is 9.87. The molecule has 0 radical (unpaired) electrons. The van der Waals surface area contributed by atoms with Crippen molar-refractivity contribution in [1.29, 1.82) is 0 Å². The van der Waals surface area contributed by atoms with Crippen LogP contribution in [0.1, 0.15) is 25.7 Å². The highest BCUT2D eigenvalue weighted by molar-refractivity contribution is 5.85. The smallest absolute Gasteiger partial charge is 0.212 e. The van der Waals surface area contributed by atoms with Crippen molar-refractivity contribution in [2.75, 3.05) is 6.61 Å². The molecule has 2 heterocycles. The second-order valence-corrected chi connectivity index (χ2v) is 7.10. The molecule has 1 fully saturated rings. The maximum Gasteiger partial charge on any atom is 0.212 e. The predicted octanol–water partition coefficient (Wildman–Crippen LogP) is 4.20. The second-order valence-electron chi connectivity index (χ2n) is 7.10. The lowest BCUT2D eigenvalue weighted by Gasteiger charge is -2.26. The van der Waals surface area contributed by atoms with E-state index in [-0.39, 0.29) is 12.4 Å². The molecule has 0 amide bonds. The molecule has 29 heavy (non-hydrogen) atoms. The van der Waals surface area contributed by atoms with E-state index in [0.717, 1.165) is 36.9 Å². The van der Waals surface area contributed by atoms with Gasteiger partial charge in [0.2, 0.25) is 5.69 Å². The summed E-state index contributed by atoms with van der Waals surface area (Å²) in [6.45, 7) is 7.98. The van der Waals surface area contributed by atoms with Crippen molar-refractivity contribution in [3.05, 3.63) is 60.6 Å². The van der Waals surface area contributed by atoms with Crippen LogP contribution in [0.4, 0.5) is 5.69 Å². The number of hydrogen-bond acceptors (Lipinski definition) is 5. The zero-order valence-corrected chi connectivity index (χ0v) is 16.8. The van der Waals surface area contributed by atoms with Crippen LogP contribution >= 0.6 is 12.4 Å². The van der Waals surface area contributed by atoms with Crippen LogP contribution < -0.4 is 10.5 Å². The van der Waals surface area contributed by atoms with E-state index in [2.05, 4.69) is 19.9 Å². The van der Waals surface area contributed by atoms with Gasteiger partial charge in [-0.25, -0.2) is 14.8 Å². The summed E-state index contributed by atoms with van der Waals surface area (Å²) in [5.41, 5.74) is 8.79. The van der Waals surface area contributed by atoms with Crippen molar-refractivity contribution < 1.29 is 4.74 Å². The minimum atomic E-state index is 0. The van der Waals surface area contributed by atoms with Crippen LogP contribution in [0.5, 0.6) is 5.75 Å². The number of hydrogen-bond donors (Lipinski definition) is 1. The topological polar surface area (TPSA) is 83.2 Å². The molecule has 0 spiro atoms. The first-order valence-electron chi connectivity index (χ1n) is 9.45. The monoisotopic (exact) mass is 410 g/mol. The van der Waals surface area contributed by atoms with Crippen LogP contribution in [-0.2, 0) is 0 Å². The molecule has 1 aliphatic rings. The predicted molar refractivity (Wildman–Crippen MR) is 114 cm³/mol. The summed E-state index contributed by atoms with van der Waals surface area (Å²) in [5.74, 6) is 1.16. The van der Waals surface area contributed by atoms with E-state index in [1.165, 1.54) is 6.33 Å². The Morgan fingerprint density at radius 2 is 1.97 bits per heavy atom. The third kappa shape index (κ3) is 4.73. The van der Waals surface area contributed by atoms with Crippen molar-refractivity contribution in [3.63, 3.8) is 0 Å². The molecular weight excluding hydrogens is 388 g/mol. The first-order valence-corrected chi connectivity index (χ1v) is 9.45. The Bertz CT molecular complexity index is 991. The van der Waals surface area contributed by atoms with Gasteiger partial charge in [-0.15, -0.1) is 12.4 Å². The molecule has 1 saturated carbocycles. The molecule has 3 aromatic rings. The molecule has 8 heteroatoms. The van der Waals surface area contributed by atoms with Crippen LogP contribution in [0.15, 0.2) is 49.2 Å².